The second-order valence-electron chi connectivity index (χ2n) is 5.88. The van der Waals surface area contributed by atoms with Gasteiger partial charge < -0.3 is 5.73 Å². The number of aryl methyl sites for hydroxylation is 1. The van der Waals surface area contributed by atoms with Crippen LogP contribution in [0.3, 0.4) is 0 Å². The molecule has 0 bridgehead atoms. The van der Waals surface area contributed by atoms with E-state index < -0.39 is 0 Å². The average molecular weight is 253 g/mol. The Kier molecular flexibility index (Phi) is 4.06. The fourth-order valence-electron chi connectivity index (χ4n) is 2.45. The molecule has 0 amide bonds. The highest BCUT2D eigenvalue weighted by Crippen LogP contribution is 2.26. The van der Waals surface area contributed by atoms with Crippen molar-refractivity contribution in [3.63, 3.8) is 0 Å². The third-order valence-corrected chi connectivity index (χ3v) is 3.30. The molecule has 0 atom stereocenters. The van der Waals surface area contributed by atoms with E-state index in [0.29, 0.717) is 0 Å². The minimum atomic E-state index is -0.165. The van der Waals surface area contributed by atoms with Crippen LogP contribution in [0.15, 0.2) is 48.5 Å². The van der Waals surface area contributed by atoms with E-state index in [1.807, 2.05) is 0 Å². The maximum Gasteiger partial charge on any atom is 0.0138 e. The van der Waals surface area contributed by atoms with Crippen LogP contribution in [0.1, 0.15) is 31.9 Å². The molecule has 100 valence electrons. The SMILES string of the molecule is CCc1ccc(CC(C)(C)N)cc1-c1ccccc1. The lowest BCUT2D eigenvalue weighted by Crippen LogP contribution is -2.34. The Bertz CT molecular complexity index is 535. The lowest BCUT2D eigenvalue weighted by molar-refractivity contribution is 0.517. The van der Waals surface area contributed by atoms with Crippen LogP contribution >= 0.6 is 0 Å². The maximum atomic E-state index is 6.13. The zero-order chi connectivity index (χ0) is 13.9. The summed E-state index contributed by atoms with van der Waals surface area (Å²) in [7, 11) is 0. The molecule has 0 aliphatic heterocycles. The fraction of sp³-hybridized carbons (Fsp3) is 0.333. The predicted octanol–water partition coefficient (Wildman–Crippen LogP) is 4.20. The lowest BCUT2D eigenvalue weighted by atomic mass is 9.91. The van der Waals surface area contributed by atoms with E-state index in [-0.39, 0.29) is 5.54 Å². The van der Waals surface area contributed by atoms with Gasteiger partial charge in [-0.2, -0.15) is 0 Å². The van der Waals surface area contributed by atoms with Crippen molar-refractivity contribution < 1.29 is 0 Å². The van der Waals surface area contributed by atoms with Gasteiger partial charge in [-0.05, 0) is 48.9 Å². The van der Waals surface area contributed by atoms with Crippen LogP contribution in [0.2, 0.25) is 0 Å². The van der Waals surface area contributed by atoms with Crippen molar-refractivity contribution in [2.45, 2.75) is 39.2 Å². The number of hydrogen-bond acceptors (Lipinski definition) is 1. The van der Waals surface area contributed by atoms with Crippen molar-refractivity contribution in [2.75, 3.05) is 0 Å². The van der Waals surface area contributed by atoms with Crippen LogP contribution in [0.25, 0.3) is 11.1 Å². The van der Waals surface area contributed by atoms with Crippen molar-refractivity contribution in [3.8, 4) is 11.1 Å². The molecule has 0 aliphatic rings. The molecule has 0 heterocycles. The standard InChI is InChI=1S/C18H23N/c1-4-15-11-10-14(13-18(2,3)19)12-17(15)16-8-6-5-7-9-16/h5-12H,4,13,19H2,1-3H3. The Morgan fingerprint density at radius 2 is 1.68 bits per heavy atom. The molecule has 0 unspecified atom stereocenters. The van der Waals surface area contributed by atoms with Gasteiger partial charge in [0.25, 0.3) is 0 Å². The third kappa shape index (κ3) is 3.68. The molecule has 0 saturated carbocycles. The van der Waals surface area contributed by atoms with E-state index in [0.717, 1.165) is 12.8 Å². The monoisotopic (exact) mass is 253 g/mol. The van der Waals surface area contributed by atoms with Gasteiger partial charge in [0.2, 0.25) is 0 Å². The zero-order valence-electron chi connectivity index (χ0n) is 12.1. The quantitative estimate of drug-likeness (QED) is 0.868. The summed E-state index contributed by atoms with van der Waals surface area (Å²) in [6, 6.07) is 17.3. The molecule has 2 rings (SSSR count). The van der Waals surface area contributed by atoms with E-state index in [1.165, 1.54) is 22.3 Å². The van der Waals surface area contributed by atoms with Crippen LogP contribution in [-0.2, 0) is 12.8 Å². The molecule has 0 aromatic heterocycles. The van der Waals surface area contributed by atoms with Crippen molar-refractivity contribution in [2.24, 2.45) is 5.73 Å². The van der Waals surface area contributed by atoms with Gasteiger partial charge in [0.15, 0.2) is 0 Å². The molecule has 2 aromatic carbocycles. The second-order valence-corrected chi connectivity index (χ2v) is 5.88. The van der Waals surface area contributed by atoms with Crippen LogP contribution in [0.5, 0.6) is 0 Å². The van der Waals surface area contributed by atoms with Crippen molar-refractivity contribution in [1.29, 1.82) is 0 Å². The Labute approximate surface area is 116 Å². The van der Waals surface area contributed by atoms with E-state index in [9.17, 15) is 0 Å². The maximum absolute atomic E-state index is 6.13. The molecule has 2 N–H and O–H groups in total. The fourth-order valence-corrected chi connectivity index (χ4v) is 2.45. The molecular formula is C18H23N. The molecule has 0 fully saturated rings. The van der Waals surface area contributed by atoms with Crippen molar-refractivity contribution in [1.82, 2.24) is 0 Å². The van der Waals surface area contributed by atoms with E-state index in [1.54, 1.807) is 0 Å². The highest BCUT2D eigenvalue weighted by atomic mass is 14.7. The summed E-state index contributed by atoms with van der Waals surface area (Å²) < 4.78 is 0. The first kappa shape index (κ1) is 13.8. The molecule has 2 aromatic rings. The van der Waals surface area contributed by atoms with Gasteiger partial charge in [-0.15, -0.1) is 0 Å². The molecule has 0 aliphatic carbocycles. The van der Waals surface area contributed by atoms with Crippen LogP contribution < -0.4 is 5.73 Å². The normalized spacial score (nSPS) is 11.6. The summed E-state index contributed by atoms with van der Waals surface area (Å²) in [5, 5.41) is 0. The minimum Gasteiger partial charge on any atom is -0.325 e. The molecule has 1 heteroatoms. The first-order chi connectivity index (χ1) is 8.99. The summed E-state index contributed by atoms with van der Waals surface area (Å²) in [6.45, 7) is 6.35. The number of rotatable bonds is 4. The summed E-state index contributed by atoms with van der Waals surface area (Å²) in [4.78, 5) is 0. The van der Waals surface area contributed by atoms with Crippen LogP contribution in [0.4, 0.5) is 0 Å². The van der Waals surface area contributed by atoms with E-state index >= 15 is 0 Å². The highest BCUT2D eigenvalue weighted by molar-refractivity contribution is 5.68. The smallest absolute Gasteiger partial charge is 0.0138 e. The number of benzene rings is 2. The Morgan fingerprint density at radius 1 is 1.00 bits per heavy atom. The van der Waals surface area contributed by atoms with Crippen LogP contribution in [0, 0.1) is 0 Å². The largest absolute Gasteiger partial charge is 0.325 e. The van der Waals surface area contributed by atoms with Crippen molar-refractivity contribution >= 4 is 0 Å². The van der Waals surface area contributed by atoms with Gasteiger partial charge >= 0.3 is 0 Å². The summed E-state index contributed by atoms with van der Waals surface area (Å²) in [6.07, 6.45) is 1.95. The second kappa shape index (κ2) is 5.58. The molecule has 0 saturated heterocycles. The minimum absolute atomic E-state index is 0.165. The molecular weight excluding hydrogens is 230 g/mol. The summed E-state index contributed by atoms with van der Waals surface area (Å²) in [5.41, 5.74) is 11.3. The third-order valence-electron chi connectivity index (χ3n) is 3.30. The van der Waals surface area contributed by atoms with Crippen molar-refractivity contribution in [3.05, 3.63) is 59.7 Å². The molecule has 19 heavy (non-hydrogen) atoms. The lowest BCUT2D eigenvalue weighted by Gasteiger charge is -2.19. The summed E-state index contributed by atoms with van der Waals surface area (Å²) in [5.74, 6) is 0. The molecule has 0 spiro atoms. The molecule has 0 radical (unpaired) electrons. The first-order valence-corrected chi connectivity index (χ1v) is 6.96. The first-order valence-electron chi connectivity index (χ1n) is 6.96. The topological polar surface area (TPSA) is 26.0 Å². The zero-order valence-corrected chi connectivity index (χ0v) is 12.1. The Morgan fingerprint density at radius 3 is 2.26 bits per heavy atom. The average Bonchev–Trinajstić information content (AvgIpc) is 2.38. The Hall–Kier alpha value is -1.60. The number of nitrogens with two attached hydrogens (primary N) is 1. The molecule has 1 nitrogen and oxygen atoms in total. The predicted molar refractivity (Wildman–Crippen MR) is 83.2 cm³/mol. The summed E-state index contributed by atoms with van der Waals surface area (Å²) >= 11 is 0. The van der Waals surface area contributed by atoms with Gasteiger partial charge in [0, 0.05) is 5.54 Å². The Balaban J connectivity index is 2.43. The number of hydrogen-bond donors (Lipinski definition) is 1. The van der Waals surface area contributed by atoms with Gasteiger partial charge in [-0.25, -0.2) is 0 Å². The van der Waals surface area contributed by atoms with Gasteiger partial charge in [-0.1, -0.05) is 55.5 Å². The van der Waals surface area contributed by atoms with Gasteiger partial charge in [0.05, 0.1) is 0 Å². The highest BCUT2D eigenvalue weighted by Gasteiger charge is 2.13. The van der Waals surface area contributed by atoms with Crippen LogP contribution in [-0.4, -0.2) is 5.54 Å². The van der Waals surface area contributed by atoms with E-state index in [4.69, 9.17) is 5.73 Å². The van der Waals surface area contributed by atoms with Gasteiger partial charge in [0.1, 0.15) is 0 Å². The van der Waals surface area contributed by atoms with E-state index in [2.05, 4.69) is 69.3 Å². The van der Waals surface area contributed by atoms with Gasteiger partial charge in [-0.3, -0.25) is 0 Å².